The van der Waals surface area contributed by atoms with Crippen molar-refractivity contribution < 1.29 is 9.59 Å². The number of nitrogens with zero attached hydrogens (tertiary/aromatic N) is 3. The number of nitrogens with one attached hydrogen (secondary N) is 1. The van der Waals surface area contributed by atoms with Crippen molar-refractivity contribution >= 4 is 34.5 Å². The molecule has 3 rings (SSSR count). The molecule has 1 aromatic carbocycles. The molecule has 2 amide bonds. The van der Waals surface area contributed by atoms with Crippen LogP contribution in [0.25, 0.3) is 10.9 Å². The Balaban J connectivity index is 1.73. The molecule has 1 aliphatic rings. The molecule has 0 saturated carbocycles. The highest BCUT2D eigenvalue weighted by atomic mass is 32.2. The molecule has 1 fully saturated rings. The van der Waals surface area contributed by atoms with Gasteiger partial charge >= 0.3 is 0 Å². The molecule has 1 aromatic heterocycles. The first kappa shape index (κ1) is 16.3. The van der Waals surface area contributed by atoms with Gasteiger partial charge < -0.3 is 10.2 Å². The molecule has 7 heteroatoms. The minimum atomic E-state index is -0.413. The van der Waals surface area contributed by atoms with Gasteiger partial charge in [0.25, 0.3) is 5.91 Å². The van der Waals surface area contributed by atoms with Gasteiger partial charge in [0.15, 0.2) is 0 Å². The summed E-state index contributed by atoms with van der Waals surface area (Å²) in [7, 11) is 0. The summed E-state index contributed by atoms with van der Waals surface area (Å²) in [6.07, 6.45) is 1.58. The molecule has 122 valence electrons. The number of fused-ring (bicyclic) bond motifs is 1. The molecule has 0 bridgehead atoms. The summed E-state index contributed by atoms with van der Waals surface area (Å²) < 4.78 is 0. The van der Waals surface area contributed by atoms with Crippen molar-refractivity contribution in [3.8, 4) is 6.07 Å². The Bertz CT molecular complexity index is 846. The molecular weight excluding hydrogens is 324 g/mol. The van der Waals surface area contributed by atoms with Crippen molar-refractivity contribution in [2.45, 2.75) is 13.0 Å². The van der Waals surface area contributed by atoms with Crippen molar-refractivity contribution in [3.05, 3.63) is 41.6 Å². The smallest absolute Gasteiger partial charge is 0.252 e. The van der Waals surface area contributed by atoms with Crippen LogP contribution in [0.4, 0.5) is 0 Å². The van der Waals surface area contributed by atoms with Crippen LogP contribution >= 0.6 is 11.8 Å². The number of aromatic nitrogens is 1. The quantitative estimate of drug-likeness (QED) is 0.919. The van der Waals surface area contributed by atoms with Crippen molar-refractivity contribution in [2.24, 2.45) is 0 Å². The maximum Gasteiger partial charge on any atom is 0.252 e. The molecule has 1 N–H and O–H groups in total. The summed E-state index contributed by atoms with van der Waals surface area (Å²) in [6.45, 7) is 1.83. The fraction of sp³-hybridized carbons (Fsp3) is 0.294. The van der Waals surface area contributed by atoms with Gasteiger partial charge in [0, 0.05) is 17.3 Å². The second-order valence-electron chi connectivity index (χ2n) is 5.57. The van der Waals surface area contributed by atoms with Gasteiger partial charge in [-0.2, -0.15) is 5.26 Å². The van der Waals surface area contributed by atoms with Crippen molar-refractivity contribution in [1.82, 2.24) is 15.2 Å². The van der Waals surface area contributed by atoms with Crippen molar-refractivity contribution in [2.75, 3.05) is 18.2 Å². The molecule has 0 spiro atoms. The highest BCUT2D eigenvalue weighted by Gasteiger charge is 2.29. The average Bonchev–Trinajstić information content (AvgIpc) is 3.07. The fourth-order valence-electron chi connectivity index (χ4n) is 2.61. The maximum atomic E-state index is 12.5. The first-order chi connectivity index (χ1) is 11.6. The van der Waals surface area contributed by atoms with E-state index in [0.29, 0.717) is 17.2 Å². The number of carbonyl (C=O) groups excluding carboxylic acids is 2. The SMILES string of the molecule is Cc1ccc2nccc(C(=O)NCC(=O)N3CSCC3C#N)c2c1. The van der Waals surface area contributed by atoms with E-state index >= 15 is 0 Å². The Morgan fingerprint density at radius 3 is 3.08 bits per heavy atom. The van der Waals surface area contributed by atoms with Gasteiger partial charge in [-0.15, -0.1) is 11.8 Å². The van der Waals surface area contributed by atoms with E-state index in [-0.39, 0.29) is 18.4 Å². The third kappa shape index (κ3) is 3.19. The Morgan fingerprint density at radius 2 is 2.29 bits per heavy atom. The number of nitriles is 1. The zero-order chi connectivity index (χ0) is 17.1. The molecule has 1 atom stereocenters. The maximum absolute atomic E-state index is 12.5. The van der Waals surface area contributed by atoms with E-state index in [9.17, 15) is 9.59 Å². The second kappa shape index (κ2) is 6.89. The minimum absolute atomic E-state index is 0.118. The monoisotopic (exact) mass is 340 g/mol. The number of hydrogen-bond acceptors (Lipinski definition) is 5. The van der Waals surface area contributed by atoms with E-state index < -0.39 is 6.04 Å². The van der Waals surface area contributed by atoms with Crippen LogP contribution in [0, 0.1) is 18.3 Å². The zero-order valence-corrected chi connectivity index (χ0v) is 14.0. The molecule has 24 heavy (non-hydrogen) atoms. The first-order valence-corrected chi connectivity index (χ1v) is 8.66. The predicted molar refractivity (Wildman–Crippen MR) is 92.4 cm³/mol. The largest absolute Gasteiger partial charge is 0.343 e. The van der Waals surface area contributed by atoms with Gasteiger partial charge in [0.05, 0.1) is 29.6 Å². The molecular formula is C17H16N4O2S. The summed E-state index contributed by atoms with van der Waals surface area (Å²) in [5.41, 5.74) is 2.26. The van der Waals surface area contributed by atoms with Crippen LogP contribution in [-0.2, 0) is 4.79 Å². The minimum Gasteiger partial charge on any atom is -0.343 e. The van der Waals surface area contributed by atoms with Crippen LogP contribution in [0.2, 0.25) is 0 Å². The van der Waals surface area contributed by atoms with E-state index in [1.165, 1.54) is 16.7 Å². The Hall–Kier alpha value is -2.59. The van der Waals surface area contributed by atoms with Crippen LogP contribution < -0.4 is 5.32 Å². The van der Waals surface area contributed by atoms with E-state index in [4.69, 9.17) is 5.26 Å². The summed E-state index contributed by atoms with van der Waals surface area (Å²) >= 11 is 1.54. The number of hydrogen-bond donors (Lipinski definition) is 1. The average molecular weight is 340 g/mol. The molecule has 0 radical (unpaired) electrons. The standard InChI is InChI=1S/C17H16N4O2S/c1-11-2-3-15-14(6-11)13(4-5-19-15)17(23)20-8-16(22)21-10-24-9-12(21)7-18/h2-6,12H,8-10H2,1H3,(H,20,23). The predicted octanol–water partition coefficient (Wildman–Crippen LogP) is 1.70. The van der Waals surface area contributed by atoms with E-state index in [0.717, 1.165) is 16.5 Å². The summed E-state index contributed by atoms with van der Waals surface area (Å²) in [6, 6.07) is 9.05. The van der Waals surface area contributed by atoms with E-state index in [1.807, 2.05) is 25.1 Å². The summed E-state index contributed by atoms with van der Waals surface area (Å²) in [5.74, 6) is 0.547. The highest BCUT2D eigenvalue weighted by molar-refractivity contribution is 7.99. The number of rotatable bonds is 3. The first-order valence-electron chi connectivity index (χ1n) is 7.50. The third-order valence-electron chi connectivity index (χ3n) is 3.89. The van der Waals surface area contributed by atoms with Crippen LogP contribution in [0.15, 0.2) is 30.5 Å². The van der Waals surface area contributed by atoms with Gasteiger partial charge in [-0.1, -0.05) is 11.6 Å². The van der Waals surface area contributed by atoms with Crippen molar-refractivity contribution in [3.63, 3.8) is 0 Å². The molecule has 6 nitrogen and oxygen atoms in total. The van der Waals surface area contributed by atoms with E-state index in [1.54, 1.807) is 12.3 Å². The van der Waals surface area contributed by atoms with Gasteiger partial charge in [0.1, 0.15) is 6.04 Å². The van der Waals surface area contributed by atoms with Crippen LogP contribution in [0.1, 0.15) is 15.9 Å². The van der Waals surface area contributed by atoms with Gasteiger partial charge in [-0.3, -0.25) is 14.6 Å². The molecule has 0 aliphatic carbocycles. The van der Waals surface area contributed by atoms with Crippen molar-refractivity contribution in [1.29, 1.82) is 5.26 Å². The molecule has 1 aliphatic heterocycles. The Morgan fingerprint density at radius 1 is 1.46 bits per heavy atom. The van der Waals surface area contributed by atoms with Crippen LogP contribution in [-0.4, -0.2) is 45.9 Å². The van der Waals surface area contributed by atoms with Crippen LogP contribution in [0.5, 0.6) is 0 Å². The molecule has 1 unspecified atom stereocenters. The number of carbonyl (C=O) groups is 2. The zero-order valence-electron chi connectivity index (χ0n) is 13.2. The summed E-state index contributed by atoms with van der Waals surface area (Å²) in [4.78, 5) is 30.4. The Kier molecular flexibility index (Phi) is 4.67. The van der Waals surface area contributed by atoms with Gasteiger partial charge in [-0.05, 0) is 25.1 Å². The Labute approximate surface area is 143 Å². The molecule has 1 saturated heterocycles. The van der Waals surface area contributed by atoms with Crippen LogP contribution in [0.3, 0.4) is 0 Å². The fourth-order valence-corrected chi connectivity index (χ4v) is 3.71. The lowest BCUT2D eigenvalue weighted by atomic mass is 10.1. The highest BCUT2D eigenvalue weighted by Crippen LogP contribution is 2.20. The lowest BCUT2D eigenvalue weighted by Crippen LogP contribution is -2.42. The van der Waals surface area contributed by atoms with E-state index in [2.05, 4.69) is 16.4 Å². The van der Waals surface area contributed by atoms with Gasteiger partial charge in [-0.25, -0.2) is 0 Å². The molecule has 2 aromatic rings. The lowest BCUT2D eigenvalue weighted by molar-refractivity contribution is -0.129. The third-order valence-corrected chi connectivity index (χ3v) is 4.91. The normalized spacial score (nSPS) is 16.8. The number of pyridine rings is 1. The lowest BCUT2D eigenvalue weighted by Gasteiger charge is -2.18. The number of thioether (sulfide) groups is 1. The number of amides is 2. The second-order valence-corrected chi connectivity index (χ2v) is 6.57. The molecule has 2 heterocycles. The topological polar surface area (TPSA) is 86.1 Å². The number of aryl methyl sites for hydroxylation is 1. The number of benzene rings is 1. The van der Waals surface area contributed by atoms with Gasteiger partial charge in [0.2, 0.25) is 5.91 Å². The summed E-state index contributed by atoms with van der Waals surface area (Å²) in [5, 5.41) is 12.4.